The molecule has 3 aromatic rings. The summed E-state index contributed by atoms with van der Waals surface area (Å²) in [5, 5.41) is 1.04. The molecule has 0 saturated heterocycles. The summed E-state index contributed by atoms with van der Waals surface area (Å²) in [7, 11) is -3.74. The first-order valence-corrected chi connectivity index (χ1v) is 10.0. The summed E-state index contributed by atoms with van der Waals surface area (Å²) in [6.45, 7) is 3.54. The number of rotatable bonds is 4. The molecule has 1 N–H and O–H groups in total. The number of pyridine rings is 1. The van der Waals surface area contributed by atoms with Crippen molar-refractivity contribution in [1.82, 2.24) is 4.98 Å². The number of aromatic nitrogens is 1. The average Bonchev–Trinajstić information content (AvgIpc) is 2.53. The highest BCUT2D eigenvalue weighted by molar-refractivity contribution is 7.92. The third kappa shape index (κ3) is 4.18. The van der Waals surface area contributed by atoms with E-state index in [1.54, 1.807) is 68.4 Å². The molecule has 0 aliphatic rings. The molecule has 134 valence electrons. The van der Waals surface area contributed by atoms with Crippen molar-refractivity contribution >= 4 is 39.0 Å². The van der Waals surface area contributed by atoms with Crippen molar-refractivity contribution < 1.29 is 8.42 Å². The van der Waals surface area contributed by atoms with Gasteiger partial charge in [0.25, 0.3) is 10.0 Å². The van der Waals surface area contributed by atoms with Crippen LogP contribution in [0.25, 0.3) is 11.1 Å². The SMILES string of the molecule is Cc1cccc(NS(=O)(=O)c2ccc(-c3cc(Cl)cc(Cl)c3)cc2C)n1. The lowest BCUT2D eigenvalue weighted by molar-refractivity contribution is 0.600. The Hall–Kier alpha value is -2.08. The highest BCUT2D eigenvalue weighted by Gasteiger charge is 2.18. The monoisotopic (exact) mass is 406 g/mol. The van der Waals surface area contributed by atoms with Gasteiger partial charge in [0.15, 0.2) is 0 Å². The maximum atomic E-state index is 12.7. The zero-order chi connectivity index (χ0) is 18.9. The van der Waals surface area contributed by atoms with Gasteiger partial charge in [0.2, 0.25) is 0 Å². The van der Waals surface area contributed by atoms with E-state index < -0.39 is 10.0 Å². The molecule has 7 heteroatoms. The van der Waals surface area contributed by atoms with Crippen LogP contribution >= 0.6 is 23.2 Å². The van der Waals surface area contributed by atoms with E-state index in [0.717, 1.165) is 16.8 Å². The van der Waals surface area contributed by atoms with Crippen molar-refractivity contribution in [3.05, 3.63) is 75.9 Å². The van der Waals surface area contributed by atoms with Crippen LogP contribution in [0.1, 0.15) is 11.3 Å². The second-order valence-corrected chi connectivity index (χ2v) is 8.43. The summed E-state index contributed by atoms with van der Waals surface area (Å²) in [5.41, 5.74) is 3.00. The summed E-state index contributed by atoms with van der Waals surface area (Å²) in [6, 6.07) is 15.5. The van der Waals surface area contributed by atoms with Crippen LogP contribution in [0.2, 0.25) is 10.0 Å². The molecule has 1 heterocycles. The normalized spacial score (nSPS) is 11.4. The fourth-order valence-electron chi connectivity index (χ4n) is 2.64. The van der Waals surface area contributed by atoms with Crippen LogP contribution in [0, 0.1) is 13.8 Å². The molecule has 0 spiro atoms. The minimum absolute atomic E-state index is 0.192. The van der Waals surface area contributed by atoms with Gasteiger partial charge < -0.3 is 0 Å². The average molecular weight is 407 g/mol. The van der Waals surface area contributed by atoms with Crippen molar-refractivity contribution in [2.24, 2.45) is 0 Å². The van der Waals surface area contributed by atoms with E-state index in [2.05, 4.69) is 9.71 Å². The molecular formula is C19H16Cl2N2O2S. The predicted molar refractivity (Wildman–Crippen MR) is 106 cm³/mol. The molecule has 0 radical (unpaired) electrons. The molecule has 0 aliphatic carbocycles. The van der Waals surface area contributed by atoms with Crippen molar-refractivity contribution in [3.8, 4) is 11.1 Å². The van der Waals surface area contributed by atoms with E-state index in [1.165, 1.54) is 0 Å². The van der Waals surface area contributed by atoms with Gasteiger partial charge in [-0.1, -0.05) is 41.4 Å². The molecule has 0 bridgehead atoms. The Kier molecular flexibility index (Phi) is 5.23. The summed E-state index contributed by atoms with van der Waals surface area (Å²) < 4.78 is 27.9. The van der Waals surface area contributed by atoms with Crippen LogP contribution in [0.4, 0.5) is 5.82 Å². The van der Waals surface area contributed by atoms with Crippen LogP contribution < -0.4 is 4.72 Å². The largest absolute Gasteiger partial charge is 0.263 e. The molecule has 0 atom stereocenters. The number of benzene rings is 2. The number of nitrogens with one attached hydrogen (secondary N) is 1. The first kappa shape index (κ1) is 18.7. The van der Waals surface area contributed by atoms with Crippen LogP contribution in [-0.4, -0.2) is 13.4 Å². The quantitative estimate of drug-likeness (QED) is 0.624. The first-order chi connectivity index (χ1) is 12.2. The lowest BCUT2D eigenvalue weighted by Crippen LogP contribution is -2.15. The fraction of sp³-hybridized carbons (Fsp3) is 0.105. The Morgan fingerprint density at radius 1 is 0.885 bits per heavy atom. The van der Waals surface area contributed by atoms with Gasteiger partial charge in [-0.15, -0.1) is 0 Å². The van der Waals surface area contributed by atoms with Gasteiger partial charge in [-0.25, -0.2) is 13.4 Å². The third-order valence-electron chi connectivity index (χ3n) is 3.79. The Morgan fingerprint density at radius 2 is 1.58 bits per heavy atom. The minimum Gasteiger partial charge on any atom is -0.263 e. The maximum Gasteiger partial charge on any atom is 0.263 e. The maximum absolute atomic E-state index is 12.7. The topological polar surface area (TPSA) is 59.1 Å². The second kappa shape index (κ2) is 7.27. The van der Waals surface area contributed by atoms with E-state index >= 15 is 0 Å². The number of sulfonamides is 1. The molecule has 3 rings (SSSR count). The zero-order valence-electron chi connectivity index (χ0n) is 14.1. The third-order valence-corrected chi connectivity index (χ3v) is 5.74. The van der Waals surface area contributed by atoms with Crippen LogP contribution in [0.15, 0.2) is 59.5 Å². The second-order valence-electron chi connectivity index (χ2n) is 5.91. The summed E-state index contributed by atoms with van der Waals surface area (Å²) in [6.07, 6.45) is 0. The minimum atomic E-state index is -3.74. The van der Waals surface area contributed by atoms with Crippen molar-refractivity contribution in [3.63, 3.8) is 0 Å². The van der Waals surface area contributed by atoms with Crippen molar-refractivity contribution in [2.75, 3.05) is 4.72 Å². The Labute approximate surface area is 162 Å². The summed E-state index contributed by atoms with van der Waals surface area (Å²) in [5.74, 6) is 0.287. The van der Waals surface area contributed by atoms with Gasteiger partial charge in [0, 0.05) is 15.7 Å². The van der Waals surface area contributed by atoms with Gasteiger partial charge in [-0.2, -0.15) is 0 Å². The number of aryl methyl sites for hydroxylation is 2. The Bertz CT molecular complexity index is 1060. The number of nitrogens with zero attached hydrogens (tertiary/aromatic N) is 1. The summed E-state index contributed by atoms with van der Waals surface area (Å²) >= 11 is 12.1. The molecule has 26 heavy (non-hydrogen) atoms. The van der Waals surface area contributed by atoms with Crippen molar-refractivity contribution in [2.45, 2.75) is 18.7 Å². The van der Waals surface area contributed by atoms with E-state index in [-0.39, 0.29) is 10.7 Å². The first-order valence-electron chi connectivity index (χ1n) is 7.78. The molecule has 0 amide bonds. The number of halogens is 2. The molecular weight excluding hydrogens is 391 g/mol. The molecule has 1 aromatic heterocycles. The Balaban J connectivity index is 1.96. The smallest absolute Gasteiger partial charge is 0.263 e. The lowest BCUT2D eigenvalue weighted by Gasteiger charge is -2.12. The summed E-state index contributed by atoms with van der Waals surface area (Å²) in [4.78, 5) is 4.37. The highest BCUT2D eigenvalue weighted by atomic mass is 35.5. The van der Waals surface area contributed by atoms with Gasteiger partial charge in [-0.3, -0.25) is 4.72 Å². The van der Waals surface area contributed by atoms with Crippen molar-refractivity contribution in [1.29, 1.82) is 0 Å². The van der Waals surface area contributed by atoms with E-state index in [1.807, 2.05) is 0 Å². The molecule has 2 aromatic carbocycles. The van der Waals surface area contributed by atoms with Crippen LogP contribution in [-0.2, 0) is 10.0 Å². The molecule has 0 unspecified atom stereocenters. The molecule has 0 fully saturated rings. The van der Waals surface area contributed by atoms with Gasteiger partial charge in [0.05, 0.1) is 4.90 Å². The van der Waals surface area contributed by atoms with E-state index in [0.29, 0.717) is 15.6 Å². The lowest BCUT2D eigenvalue weighted by atomic mass is 10.0. The standard InChI is InChI=1S/C19H16Cl2N2O2S/c1-12-8-14(15-9-16(20)11-17(21)10-15)6-7-18(12)26(24,25)23-19-5-3-4-13(2)22-19/h3-11H,1-2H3,(H,22,23). The van der Waals surface area contributed by atoms with Gasteiger partial charge in [-0.05, 0) is 66.9 Å². The molecule has 4 nitrogen and oxygen atoms in total. The van der Waals surface area contributed by atoms with Gasteiger partial charge in [0.1, 0.15) is 5.82 Å². The fourth-order valence-corrected chi connectivity index (χ4v) is 4.40. The highest BCUT2D eigenvalue weighted by Crippen LogP contribution is 2.30. The number of hydrogen-bond acceptors (Lipinski definition) is 3. The number of hydrogen-bond donors (Lipinski definition) is 1. The number of anilines is 1. The predicted octanol–water partition coefficient (Wildman–Crippen LogP) is 5.47. The molecule has 0 saturated carbocycles. The van der Waals surface area contributed by atoms with E-state index in [9.17, 15) is 8.42 Å². The van der Waals surface area contributed by atoms with Crippen LogP contribution in [0.3, 0.4) is 0 Å². The zero-order valence-corrected chi connectivity index (χ0v) is 16.5. The van der Waals surface area contributed by atoms with E-state index in [4.69, 9.17) is 23.2 Å². The molecule has 0 aliphatic heterocycles. The van der Waals surface area contributed by atoms with Crippen LogP contribution in [0.5, 0.6) is 0 Å². The Morgan fingerprint density at radius 3 is 2.19 bits per heavy atom. The van der Waals surface area contributed by atoms with Gasteiger partial charge >= 0.3 is 0 Å².